The van der Waals surface area contributed by atoms with Crippen LogP contribution in [0.2, 0.25) is 5.02 Å². The number of carbonyl (C=O) groups excluding carboxylic acids is 3. The highest BCUT2D eigenvalue weighted by atomic mass is 35.5. The first-order chi connectivity index (χ1) is 20.5. The Morgan fingerprint density at radius 2 is 1.72 bits per heavy atom. The molecule has 0 bridgehead atoms. The van der Waals surface area contributed by atoms with Crippen molar-refractivity contribution in [1.29, 1.82) is 0 Å². The number of nitrogens with zero attached hydrogens (tertiary/aromatic N) is 1. The van der Waals surface area contributed by atoms with E-state index in [0.29, 0.717) is 16.3 Å². The van der Waals surface area contributed by atoms with Crippen LogP contribution in [-0.4, -0.2) is 29.6 Å². The molecule has 0 aromatic heterocycles. The van der Waals surface area contributed by atoms with Crippen LogP contribution in [-0.2, 0) is 21.4 Å². The van der Waals surface area contributed by atoms with Crippen LogP contribution in [0.4, 0.5) is 11.4 Å². The van der Waals surface area contributed by atoms with Gasteiger partial charge >= 0.3 is 0 Å². The van der Waals surface area contributed by atoms with Gasteiger partial charge in [0.2, 0.25) is 5.91 Å². The summed E-state index contributed by atoms with van der Waals surface area (Å²) >= 11 is 6.45. The summed E-state index contributed by atoms with van der Waals surface area (Å²) in [7, 11) is 0. The number of fused-ring (bicyclic) bond motifs is 6. The maximum absolute atomic E-state index is 15.0. The molecule has 3 aromatic rings. The van der Waals surface area contributed by atoms with Gasteiger partial charge in [0.25, 0.3) is 0 Å². The van der Waals surface area contributed by atoms with Crippen molar-refractivity contribution in [3.8, 4) is 0 Å². The summed E-state index contributed by atoms with van der Waals surface area (Å²) in [6.45, 7) is 9.85. The van der Waals surface area contributed by atoms with Gasteiger partial charge in [-0.05, 0) is 60.7 Å². The van der Waals surface area contributed by atoms with E-state index in [9.17, 15) is 14.4 Å². The number of allylic oxidation sites excluding steroid dienone is 1. The van der Waals surface area contributed by atoms with Gasteiger partial charge < -0.3 is 10.2 Å². The number of aryl methyl sites for hydroxylation is 1. The molecule has 1 fully saturated rings. The summed E-state index contributed by atoms with van der Waals surface area (Å²) in [5, 5.41) is 3.69. The van der Waals surface area contributed by atoms with Crippen molar-refractivity contribution in [3.05, 3.63) is 100 Å². The molecular weight excluding hydrogens is 556 g/mol. The second kappa shape index (κ2) is 10.8. The second-order valence-electron chi connectivity index (χ2n) is 13.3. The monoisotopic (exact) mass is 594 g/mol. The lowest BCUT2D eigenvalue weighted by atomic mass is 9.63. The molecule has 0 saturated carbocycles. The number of amides is 1. The zero-order valence-electron chi connectivity index (χ0n) is 25.5. The number of rotatable bonds is 7. The summed E-state index contributed by atoms with van der Waals surface area (Å²) in [6, 6.07) is 19.6. The maximum Gasteiger partial charge on any atom is 0.238 e. The van der Waals surface area contributed by atoms with E-state index in [2.05, 4.69) is 23.2 Å². The van der Waals surface area contributed by atoms with Crippen molar-refractivity contribution >= 4 is 46.0 Å². The zero-order valence-corrected chi connectivity index (χ0v) is 26.3. The van der Waals surface area contributed by atoms with Crippen LogP contribution in [0.15, 0.2) is 72.8 Å². The molecule has 0 aliphatic carbocycles. The first-order valence-electron chi connectivity index (χ1n) is 15.3. The zero-order chi connectivity index (χ0) is 30.7. The molecule has 3 aliphatic rings. The quantitative estimate of drug-likeness (QED) is 0.222. The smallest absolute Gasteiger partial charge is 0.238 e. The summed E-state index contributed by atoms with van der Waals surface area (Å²) in [4.78, 5) is 46.1. The fourth-order valence-corrected chi connectivity index (χ4v) is 7.61. The molecule has 1 N–H and O–H groups in total. The Labute approximate surface area is 259 Å². The molecule has 1 amide bonds. The van der Waals surface area contributed by atoms with Gasteiger partial charge in [0.1, 0.15) is 11.5 Å². The minimum Gasteiger partial charge on any atom is -0.352 e. The molecule has 6 rings (SSSR count). The minimum absolute atomic E-state index is 0.0741. The first-order valence-corrected chi connectivity index (χ1v) is 15.7. The molecule has 222 valence electrons. The third-order valence-electron chi connectivity index (χ3n) is 9.54. The van der Waals surface area contributed by atoms with Crippen LogP contribution < -0.4 is 10.2 Å². The van der Waals surface area contributed by atoms with E-state index in [-0.39, 0.29) is 17.5 Å². The highest BCUT2D eigenvalue weighted by Crippen LogP contribution is 2.59. The number of nitrogens with one attached hydrogen (secondary N) is 1. The van der Waals surface area contributed by atoms with Crippen molar-refractivity contribution < 1.29 is 14.4 Å². The van der Waals surface area contributed by atoms with E-state index >= 15 is 0 Å². The van der Waals surface area contributed by atoms with Crippen molar-refractivity contribution in [3.63, 3.8) is 0 Å². The first kappa shape index (κ1) is 29.4. The van der Waals surface area contributed by atoms with Crippen molar-refractivity contribution in [2.45, 2.75) is 77.8 Å². The summed E-state index contributed by atoms with van der Waals surface area (Å²) < 4.78 is 0. The van der Waals surface area contributed by atoms with Gasteiger partial charge in [0.15, 0.2) is 11.6 Å². The van der Waals surface area contributed by atoms with Crippen molar-refractivity contribution in [1.82, 2.24) is 0 Å². The number of benzene rings is 3. The average molecular weight is 595 g/mol. The summed E-state index contributed by atoms with van der Waals surface area (Å²) in [5.74, 6) is -1.46. The van der Waals surface area contributed by atoms with Crippen LogP contribution >= 0.6 is 11.6 Å². The Kier molecular flexibility index (Phi) is 7.37. The molecule has 4 atom stereocenters. The third kappa shape index (κ3) is 4.55. The van der Waals surface area contributed by atoms with Gasteiger partial charge in [-0.3, -0.25) is 14.4 Å². The number of hydrogen-bond donors (Lipinski definition) is 1. The van der Waals surface area contributed by atoms with Gasteiger partial charge in [-0.15, -0.1) is 0 Å². The normalized spacial score (nSPS) is 23.9. The molecule has 1 spiro atoms. The number of ketones is 2. The summed E-state index contributed by atoms with van der Waals surface area (Å²) in [6.07, 6.45) is 6.42. The number of hydrogen-bond acceptors (Lipinski definition) is 4. The van der Waals surface area contributed by atoms with Gasteiger partial charge in [-0.25, -0.2) is 0 Å². The predicted octanol–water partition coefficient (Wildman–Crippen LogP) is 8.05. The fourth-order valence-electron chi connectivity index (χ4n) is 7.44. The van der Waals surface area contributed by atoms with Crippen LogP contribution in [0.5, 0.6) is 0 Å². The van der Waals surface area contributed by atoms with Crippen molar-refractivity contribution in [2.24, 2.45) is 11.3 Å². The molecule has 3 aliphatic heterocycles. The van der Waals surface area contributed by atoms with Crippen LogP contribution in [0, 0.1) is 11.3 Å². The SMILES string of the molecule is CCCCCc1ccc(C(=O)C2C(C(=O)C(C)(C)C)N3c4ccc(Cl)cc4C(C)=CC3C23C(=O)Nc2ccccc23)cc1. The summed E-state index contributed by atoms with van der Waals surface area (Å²) in [5.41, 5.74) is 3.75. The Balaban J connectivity index is 1.59. The van der Waals surface area contributed by atoms with E-state index in [0.717, 1.165) is 48.1 Å². The lowest BCUT2D eigenvalue weighted by Gasteiger charge is -2.40. The van der Waals surface area contributed by atoms with Gasteiger partial charge in [0.05, 0.1) is 12.0 Å². The van der Waals surface area contributed by atoms with E-state index in [1.54, 1.807) is 0 Å². The van der Waals surface area contributed by atoms with Gasteiger partial charge in [-0.2, -0.15) is 0 Å². The minimum atomic E-state index is -1.31. The molecule has 1 saturated heterocycles. The Morgan fingerprint density at radius 1 is 1.00 bits per heavy atom. The van der Waals surface area contributed by atoms with Gasteiger partial charge in [0, 0.05) is 32.9 Å². The standard InChI is InChI=1S/C37H39ClN2O3/c1-6-7-8-11-23-14-16-24(17-15-23)33(41)31-32(34(42)36(3,4)5)40-29-19-18-25(38)21-26(29)22(2)20-30(40)37(31)27-12-9-10-13-28(27)39-35(37)43/h9-10,12-21,30-32H,6-8,11H2,1-5H3,(H,39,43). The van der Waals surface area contributed by atoms with Crippen LogP contribution in [0.25, 0.3) is 5.57 Å². The number of halogens is 1. The highest BCUT2D eigenvalue weighted by Gasteiger charge is 2.71. The van der Waals surface area contributed by atoms with E-state index in [1.165, 1.54) is 5.56 Å². The Morgan fingerprint density at radius 3 is 2.42 bits per heavy atom. The average Bonchev–Trinajstić information content (AvgIpc) is 3.44. The Bertz CT molecular complexity index is 1650. The molecule has 3 heterocycles. The third-order valence-corrected chi connectivity index (χ3v) is 9.77. The highest BCUT2D eigenvalue weighted by molar-refractivity contribution is 6.31. The second-order valence-corrected chi connectivity index (χ2v) is 13.7. The lowest BCUT2D eigenvalue weighted by molar-refractivity contribution is -0.128. The largest absolute Gasteiger partial charge is 0.352 e. The predicted molar refractivity (Wildman–Crippen MR) is 174 cm³/mol. The van der Waals surface area contributed by atoms with Crippen LogP contribution in [0.1, 0.15) is 80.9 Å². The van der Waals surface area contributed by atoms with Gasteiger partial charge in [-0.1, -0.05) is 101 Å². The van der Waals surface area contributed by atoms with E-state index < -0.39 is 28.8 Å². The molecule has 3 aromatic carbocycles. The number of carbonyl (C=O) groups is 3. The van der Waals surface area contributed by atoms with Crippen LogP contribution in [0.3, 0.4) is 0 Å². The van der Waals surface area contributed by atoms with Crippen molar-refractivity contribution in [2.75, 3.05) is 10.2 Å². The van der Waals surface area contributed by atoms with E-state index in [1.807, 2.05) is 94.4 Å². The number of Topliss-reactive ketones (excluding diaryl/α,β-unsaturated/α-hetero) is 2. The topological polar surface area (TPSA) is 66.5 Å². The van der Waals surface area contributed by atoms with E-state index in [4.69, 9.17) is 11.6 Å². The molecule has 6 heteroatoms. The lowest BCUT2D eigenvalue weighted by Crippen LogP contribution is -2.51. The Hall–Kier alpha value is -3.70. The number of anilines is 2. The molecule has 43 heavy (non-hydrogen) atoms. The number of unbranched alkanes of at least 4 members (excludes halogenated alkanes) is 2. The molecule has 0 radical (unpaired) electrons. The molecular formula is C37H39ClN2O3. The molecule has 5 nitrogen and oxygen atoms in total. The number of para-hydroxylation sites is 1. The maximum atomic E-state index is 15.0. The molecule has 4 unspecified atom stereocenters. The fraction of sp³-hybridized carbons (Fsp3) is 0.378.